The number of hydrogen-bond acceptors (Lipinski definition) is 5. The van der Waals surface area contributed by atoms with Gasteiger partial charge >= 0.3 is 5.97 Å². The Morgan fingerprint density at radius 1 is 1.32 bits per heavy atom. The topological polar surface area (TPSA) is 76.1 Å². The van der Waals surface area contributed by atoms with Gasteiger partial charge < -0.3 is 9.26 Å². The molecule has 0 amide bonds. The van der Waals surface area contributed by atoms with Gasteiger partial charge in [0.25, 0.3) is 0 Å². The largest absolute Gasteiger partial charge is 0.462 e. The molecule has 1 aromatic heterocycles. The van der Waals surface area contributed by atoms with E-state index in [1.54, 1.807) is 37.3 Å². The van der Waals surface area contributed by atoms with Crippen LogP contribution in [0.5, 0.6) is 0 Å². The summed E-state index contributed by atoms with van der Waals surface area (Å²) < 4.78 is 23.3. The Morgan fingerprint density at radius 2 is 2.08 bits per heavy atom. The number of carbonyl (C=O) groups excluding carboxylic acids is 1. The molecule has 0 saturated carbocycles. The summed E-state index contributed by atoms with van der Waals surface area (Å²) in [6, 6.07) is 12.9. The molecule has 0 aliphatic rings. The third-order valence-corrected chi connectivity index (χ3v) is 3.53. The van der Waals surface area contributed by atoms with Crippen LogP contribution in [0.3, 0.4) is 0 Å². The van der Waals surface area contributed by atoms with Crippen LogP contribution >= 0.6 is 0 Å². The summed E-state index contributed by atoms with van der Waals surface area (Å²) in [6.45, 7) is 1.86. The van der Waals surface area contributed by atoms with E-state index < -0.39 is 5.97 Å². The van der Waals surface area contributed by atoms with Crippen LogP contribution < -0.4 is 0 Å². The smallest absolute Gasteiger partial charge is 0.348 e. The van der Waals surface area contributed by atoms with Crippen molar-refractivity contribution in [2.75, 3.05) is 6.61 Å². The van der Waals surface area contributed by atoms with Crippen molar-refractivity contribution in [3.8, 4) is 17.4 Å². The third kappa shape index (κ3) is 3.40. The number of esters is 1. The molecule has 124 valence electrons. The molecule has 25 heavy (non-hydrogen) atoms. The molecule has 0 bridgehead atoms. The Balaban J connectivity index is 2.05. The minimum absolute atomic E-state index is 0.0963. The molecule has 0 fully saturated rings. The van der Waals surface area contributed by atoms with Crippen molar-refractivity contribution in [1.82, 2.24) is 5.16 Å². The fourth-order valence-corrected chi connectivity index (χ4v) is 2.37. The molecule has 3 aromatic rings. The van der Waals surface area contributed by atoms with Gasteiger partial charge in [-0.3, -0.25) is 0 Å². The Hall–Kier alpha value is -3.46. The maximum atomic E-state index is 13.1. The molecule has 1 heterocycles. The second-order valence-corrected chi connectivity index (χ2v) is 5.19. The van der Waals surface area contributed by atoms with Gasteiger partial charge in [-0.25, -0.2) is 9.18 Å². The summed E-state index contributed by atoms with van der Waals surface area (Å²) in [6.07, 6.45) is 1.44. The summed E-state index contributed by atoms with van der Waals surface area (Å²) in [5.41, 5.74) is 1.83. The molecule has 0 aliphatic carbocycles. The number of halogens is 1. The third-order valence-electron chi connectivity index (χ3n) is 3.53. The average molecular weight is 336 g/mol. The van der Waals surface area contributed by atoms with Crippen molar-refractivity contribution in [3.63, 3.8) is 0 Å². The highest BCUT2D eigenvalue weighted by atomic mass is 19.1. The molecule has 0 atom stereocenters. The van der Waals surface area contributed by atoms with Crippen LogP contribution in [0.15, 0.2) is 52.6 Å². The summed E-state index contributed by atoms with van der Waals surface area (Å²) in [4.78, 5) is 11.7. The van der Waals surface area contributed by atoms with Gasteiger partial charge in [0.2, 0.25) is 0 Å². The minimum atomic E-state index is -0.672. The van der Waals surface area contributed by atoms with E-state index in [9.17, 15) is 9.18 Å². The quantitative estimate of drug-likeness (QED) is 0.407. The van der Waals surface area contributed by atoms with Gasteiger partial charge in [0.1, 0.15) is 23.0 Å². The molecule has 0 aliphatic heterocycles. The van der Waals surface area contributed by atoms with E-state index in [4.69, 9.17) is 14.5 Å². The van der Waals surface area contributed by atoms with Crippen LogP contribution in [0.4, 0.5) is 4.39 Å². The Morgan fingerprint density at radius 3 is 2.76 bits per heavy atom. The number of rotatable bonds is 4. The second-order valence-electron chi connectivity index (χ2n) is 5.19. The zero-order chi connectivity index (χ0) is 17.8. The van der Waals surface area contributed by atoms with Crippen LogP contribution in [0, 0.1) is 17.1 Å². The molecule has 5 nitrogen and oxygen atoms in total. The second kappa shape index (κ2) is 6.97. The SMILES string of the molecule is CCOC(=O)C(C#N)=Cc1ccc2noc(-c3ccc(F)cc3)c2c1. The van der Waals surface area contributed by atoms with E-state index in [2.05, 4.69) is 5.16 Å². The van der Waals surface area contributed by atoms with Crippen molar-refractivity contribution in [3.05, 3.63) is 59.4 Å². The average Bonchev–Trinajstić information content (AvgIpc) is 3.03. The first-order chi connectivity index (χ1) is 12.1. The highest BCUT2D eigenvalue weighted by Gasteiger charge is 2.13. The first-order valence-corrected chi connectivity index (χ1v) is 7.56. The summed E-state index contributed by atoms with van der Waals surface area (Å²) in [5, 5.41) is 13.8. The zero-order valence-corrected chi connectivity index (χ0v) is 13.3. The fraction of sp³-hybridized carbons (Fsp3) is 0.105. The molecule has 3 rings (SSSR count). The number of hydrogen-bond donors (Lipinski definition) is 0. The fourth-order valence-electron chi connectivity index (χ4n) is 2.37. The summed E-state index contributed by atoms with van der Waals surface area (Å²) >= 11 is 0. The molecule has 0 spiro atoms. The van der Waals surface area contributed by atoms with Gasteiger partial charge in [0.05, 0.1) is 12.0 Å². The number of nitrogens with zero attached hydrogens (tertiary/aromatic N) is 2. The normalized spacial score (nSPS) is 11.3. The summed E-state index contributed by atoms with van der Waals surface area (Å²) in [5.74, 6) is -0.529. The van der Waals surface area contributed by atoms with E-state index in [1.807, 2.05) is 6.07 Å². The molecule has 2 aromatic carbocycles. The van der Waals surface area contributed by atoms with Crippen molar-refractivity contribution in [1.29, 1.82) is 5.26 Å². The highest BCUT2D eigenvalue weighted by Crippen LogP contribution is 2.30. The minimum Gasteiger partial charge on any atom is -0.462 e. The molecule has 0 N–H and O–H groups in total. The lowest BCUT2D eigenvalue weighted by Gasteiger charge is -2.01. The molecule has 6 heteroatoms. The zero-order valence-electron chi connectivity index (χ0n) is 13.3. The number of benzene rings is 2. The van der Waals surface area contributed by atoms with Gasteiger partial charge in [-0.2, -0.15) is 5.26 Å². The number of nitriles is 1. The van der Waals surface area contributed by atoms with Crippen LogP contribution in [-0.2, 0) is 9.53 Å². The molecule has 0 radical (unpaired) electrons. The number of fused-ring (bicyclic) bond motifs is 1. The Kier molecular flexibility index (Phi) is 4.57. The van der Waals surface area contributed by atoms with Gasteiger partial charge in [-0.15, -0.1) is 0 Å². The Bertz CT molecular complexity index is 998. The first-order valence-electron chi connectivity index (χ1n) is 7.56. The van der Waals surface area contributed by atoms with Crippen molar-refractivity contribution >= 4 is 22.9 Å². The van der Waals surface area contributed by atoms with Gasteiger partial charge in [0.15, 0.2) is 5.76 Å². The Labute approximate surface area is 142 Å². The predicted octanol–water partition coefficient (Wildman–Crippen LogP) is 4.10. The van der Waals surface area contributed by atoms with E-state index in [-0.39, 0.29) is 18.0 Å². The lowest BCUT2D eigenvalue weighted by atomic mass is 10.0. The first kappa shape index (κ1) is 16.4. The molecular formula is C19H13FN2O3. The standard InChI is InChI=1S/C19H13FN2O3/c1-2-24-19(23)14(11-21)9-12-3-8-17-16(10-12)18(25-22-17)13-4-6-15(20)7-5-13/h3-10H,2H2,1H3. The lowest BCUT2D eigenvalue weighted by molar-refractivity contribution is -0.137. The lowest BCUT2D eigenvalue weighted by Crippen LogP contribution is -2.05. The van der Waals surface area contributed by atoms with Crippen LogP contribution in [0.1, 0.15) is 12.5 Å². The van der Waals surface area contributed by atoms with Crippen LogP contribution in [-0.4, -0.2) is 17.7 Å². The van der Waals surface area contributed by atoms with Gasteiger partial charge in [-0.1, -0.05) is 11.2 Å². The number of ether oxygens (including phenoxy) is 1. The van der Waals surface area contributed by atoms with E-state index in [0.29, 0.717) is 27.8 Å². The van der Waals surface area contributed by atoms with E-state index >= 15 is 0 Å². The maximum absolute atomic E-state index is 13.1. The monoisotopic (exact) mass is 336 g/mol. The maximum Gasteiger partial charge on any atom is 0.348 e. The van der Waals surface area contributed by atoms with Crippen LogP contribution in [0.2, 0.25) is 0 Å². The molecular weight excluding hydrogens is 323 g/mol. The van der Waals surface area contributed by atoms with Crippen molar-refractivity contribution in [2.24, 2.45) is 0 Å². The van der Waals surface area contributed by atoms with E-state index in [0.717, 1.165) is 0 Å². The number of aromatic nitrogens is 1. The van der Waals surface area contributed by atoms with Gasteiger partial charge in [0, 0.05) is 5.56 Å². The molecule has 0 saturated heterocycles. The van der Waals surface area contributed by atoms with Crippen LogP contribution in [0.25, 0.3) is 28.3 Å². The van der Waals surface area contributed by atoms with Crippen molar-refractivity contribution < 1.29 is 18.4 Å². The number of carbonyl (C=O) groups is 1. The predicted molar refractivity (Wildman–Crippen MR) is 89.6 cm³/mol. The van der Waals surface area contributed by atoms with Gasteiger partial charge in [-0.05, 0) is 55.0 Å². The molecule has 0 unspecified atom stereocenters. The van der Waals surface area contributed by atoms with Crippen molar-refractivity contribution in [2.45, 2.75) is 6.92 Å². The van der Waals surface area contributed by atoms with E-state index in [1.165, 1.54) is 18.2 Å². The highest BCUT2D eigenvalue weighted by molar-refractivity contribution is 5.99. The summed E-state index contributed by atoms with van der Waals surface area (Å²) in [7, 11) is 0.